The number of nitrogens with zero attached hydrogens (tertiary/aromatic N) is 1. The Kier molecular flexibility index (Phi) is 5.76. The molecule has 122 valence electrons. The van der Waals surface area contributed by atoms with Gasteiger partial charge >= 0.3 is 0 Å². The Morgan fingerprint density at radius 1 is 1.26 bits per heavy atom. The van der Waals surface area contributed by atoms with E-state index in [-0.39, 0.29) is 5.69 Å². The number of nitro benzene ring substituents is 1. The van der Waals surface area contributed by atoms with E-state index < -0.39 is 4.92 Å². The molecular weight excluding hydrogens is 298 g/mol. The van der Waals surface area contributed by atoms with Crippen LogP contribution in [0.2, 0.25) is 0 Å². The molecule has 0 spiro atoms. The summed E-state index contributed by atoms with van der Waals surface area (Å²) in [6.07, 6.45) is 0. The third-order valence-electron chi connectivity index (χ3n) is 3.18. The average Bonchev–Trinajstić information content (AvgIpc) is 2.54. The molecular formula is C16H19N3O4. The maximum Gasteiger partial charge on any atom is 0.292 e. The molecule has 0 fully saturated rings. The summed E-state index contributed by atoms with van der Waals surface area (Å²) in [5, 5.41) is 13.9. The first-order chi connectivity index (χ1) is 11.1. The van der Waals surface area contributed by atoms with Gasteiger partial charge in [-0.05, 0) is 29.8 Å². The molecule has 0 saturated heterocycles. The summed E-state index contributed by atoms with van der Waals surface area (Å²) < 4.78 is 10.7. The van der Waals surface area contributed by atoms with Gasteiger partial charge in [0.05, 0.1) is 25.2 Å². The van der Waals surface area contributed by atoms with Gasteiger partial charge in [0.2, 0.25) is 0 Å². The van der Waals surface area contributed by atoms with Crippen LogP contribution in [-0.2, 0) is 11.3 Å². The van der Waals surface area contributed by atoms with Crippen molar-refractivity contribution in [3.8, 4) is 5.75 Å². The first-order valence-electron chi connectivity index (χ1n) is 7.08. The molecule has 0 atom stereocenters. The standard InChI is InChI=1S/C16H19N3O4/c1-22-14-4-2-3-12(9-14)11-23-8-7-18-15-10-13(17)5-6-16(15)19(20)21/h2-6,9-10,18H,7-8,11,17H2,1H3. The molecule has 0 heterocycles. The molecule has 23 heavy (non-hydrogen) atoms. The minimum atomic E-state index is -0.446. The van der Waals surface area contributed by atoms with Crippen LogP contribution >= 0.6 is 0 Å². The maximum atomic E-state index is 10.9. The van der Waals surface area contributed by atoms with Gasteiger partial charge in [0.15, 0.2) is 0 Å². The molecule has 3 N–H and O–H groups in total. The van der Waals surface area contributed by atoms with E-state index in [4.69, 9.17) is 15.2 Å². The summed E-state index contributed by atoms with van der Waals surface area (Å²) in [5.41, 5.74) is 7.50. The number of hydrogen-bond donors (Lipinski definition) is 2. The van der Waals surface area contributed by atoms with Crippen LogP contribution in [0.5, 0.6) is 5.75 Å². The summed E-state index contributed by atoms with van der Waals surface area (Å²) in [7, 11) is 1.61. The van der Waals surface area contributed by atoms with Gasteiger partial charge in [-0.3, -0.25) is 10.1 Å². The van der Waals surface area contributed by atoms with Gasteiger partial charge in [0.25, 0.3) is 5.69 Å². The van der Waals surface area contributed by atoms with Crippen molar-refractivity contribution in [1.29, 1.82) is 0 Å². The first-order valence-corrected chi connectivity index (χ1v) is 7.08. The van der Waals surface area contributed by atoms with E-state index in [1.54, 1.807) is 13.2 Å². The van der Waals surface area contributed by atoms with Crippen molar-refractivity contribution >= 4 is 17.1 Å². The number of rotatable bonds is 8. The minimum absolute atomic E-state index is 0.00741. The van der Waals surface area contributed by atoms with Gasteiger partial charge in [-0.1, -0.05) is 12.1 Å². The van der Waals surface area contributed by atoms with Crippen molar-refractivity contribution in [2.45, 2.75) is 6.61 Å². The fourth-order valence-electron chi connectivity index (χ4n) is 2.06. The van der Waals surface area contributed by atoms with Crippen molar-refractivity contribution < 1.29 is 14.4 Å². The van der Waals surface area contributed by atoms with Crippen LogP contribution in [0, 0.1) is 10.1 Å². The molecule has 0 unspecified atom stereocenters. The van der Waals surface area contributed by atoms with Crippen molar-refractivity contribution in [1.82, 2.24) is 0 Å². The number of methoxy groups -OCH3 is 1. The number of nitrogens with one attached hydrogen (secondary N) is 1. The highest BCUT2D eigenvalue weighted by molar-refractivity contribution is 5.67. The number of hydrogen-bond acceptors (Lipinski definition) is 6. The minimum Gasteiger partial charge on any atom is -0.497 e. The highest BCUT2D eigenvalue weighted by atomic mass is 16.6. The molecule has 7 heteroatoms. The van der Waals surface area contributed by atoms with Crippen molar-refractivity contribution in [3.05, 3.63) is 58.1 Å². The molecule has 0 aliphatic heterocycles. The Morgan fingerprint density at radius 3 is 2.83 bits per heavy atom. The van der Waals surface area contributed by atoms with E-state index >= 15 is 0 Å². The van der Waals surface area contributed by atoms with E-state index in [0.29, 0.717) is 31.1 Å². The van der Waals surface area contributed by atoms with Crippen molar-refractivity contribution in [3.63, 3.8) is 0 Å². The Bertz CT molecular complexity index is 676. The molecule has 0 aliphatic carbocycles. The largest absolute Gasteiger partial charge is 0.497 e. The second kappa shape index (κ2) is 8.00. The lowest BCUT2D eigenvalue weighted by Crippen LogP contribution is -2.11. The molecule has 0 radical (unpaired) electrons. The van der Waals surface area contributed by atoms with E-state index in [0.717, 1.165) is 11.3 Å². The van der Waals surface area contributed by atoms with Crippen LogP contribution in [0.4, 0.5) is 17.1 Å². The number of nitrogens with two attached hydrogens (primary N) is 1. The SMILES string of the molecule is COc1cccc(COCCNc2cc(N)ccc2[N+](=O)[O-])c1. The lowest BCUT2D eigenvalue weighted by Gasteiger charge is -2.09. The lowest BCUT2D eigenvalue weighted by molar-refractivity contribution is -0.383. The third-order valence-corrected chi connectivity index (χ3v) is 3.18. The Hall–Kier alpha value is -2.80. The normalized spacial score (nSPS) is 10.3. The van der Waals surface area contributed by atoms with Gasteiger partial charge in [-0.2, -0.15) is 0 Å². The third kappa shape index (κ3) is 4.86. The van der Waals surface area contributed by atoms with Gasteiger partial charge in [-0.25, -0.2) is 0 Å². The van der Waals surface area contributed by atoms with Crippen LogP contribution < -0.4 is 15.8 Å². The maximum absolute atomic E-state index is 10.9. The second-order valence-corrected chi connectivity index (χ2v) is 4.86. The van der Waals surface area contributed by atoms with Gasteiger partial charge in [0, 0.05) is 18.3 Å². The van der Waals surface area contributed by atoms with E-state index in [2.05, 4.69) is 5.32 Å². The lowest BCUT2D eigenvalue weighted by atomic mass is 10.2. The predicted molar refractivity (Wildman–Crippen MR) is 88.6 cm³/mol. The van der Waals surface area contributed by atoms with Crippen LogP contribution in [0.25, 0.3) is 0 Å². The van der Waals surface area contributed by atoms with Gasteiger partial charge in [-0.15, -0.1) is 0 Å². The molecule has 2 aromatic rings. The van der Waals surface area contributed by atoms with E-state index in [9.17, 15) is 10.1 Å². The Balaban J connectivity index is 1.81. The molecule has 0 aliphatic rings. The van der Waals surface area contributed by atoms with Crippen LogP contribution in [0.15, 0.2) is 42.5 Å². The summed E-state index contributed by atoms with van der Waals surface area (Å²) in [5.74, 6) is 0.777. The zero-order valence-electron chi connectivity index (χ0n) is 12.8. The van der Waals surface area contributed by atoms with Crippen molar-refractivity contribution in [2.75, 3.05) is 31.3 Å². The molecule has 0 saturated carbocycles. The Labute approximate surface area is 134 Å². The average molecular weight is 317 g/mol. The number of anilines is 2. The zero-order chi connectivity index (χ0) is 16.7. The van der Waals surface area contributed by atoms with Crippen LogP contribution in [0.3, 0.4) is 0 Å². The number of nitro groups is 1. The monoisotopic (exact) mass is 317 g/mol. The molecule has 2 aromatic carbocycles. The molecule has 0 aromatic heterocycles. The summed E-state index contributed by atoms with van der Waals surface area (Å²) in [6.45, 7) is 1.29. The molecule has 7 nitrogen and oxygen atoms in total. The fraction of sp³-hybridized carbons (Fsp3) is 0.250. The highest BCUT2D eigenvalue weighted by Crippen LogP contribution is 2.26. The van der Waals surface area contributed by atoms with E-state index in [1.165, 1.54) is 12.1 Å². The molecule has 2 rings (SSSR count). The molecule has 0 bridgehead atoms. The Morgan fingerprint density at radius 2 is 2.09 bits per heavy atom. The van der Waals surface area contributed by atoms with Crippen LogP contribution in [-0.4, -0.2) is 25.2 Å². The molecule has 0 amide bonds. The van der Waals surface area contributed by atoms with Gasteiger partial charge < -0.3 is 20.5 Å². The summed E-state index contributed by atoms with van der Waals surface area (Å²) in [6, 6.07) is 12.0. The summed E-state index contributed by atoms with van der Waals surface area (Å²) >= 11 is 0. The van der Waals surface area contributed by atoms with E-state index in [1.807, 2.05) is 24.3 Å². The smallest absolute Gasteiger partial charge is 0.292 e. The van der Waals surface area contributed by atoms with Crippen molar-refractivity contribution in [2.24, 2.45) is 0 Å². The van der Waals surface area contributed by atoms with Gasteiger partial charge in [0.1, 0.15) is 11.4 Å². The number of benzene rings is 2. The second-order valence-electron chi connectivity index (χ2n) is 4.86. The number of ether oxygens (including phenoxy) is 2. The predicted octanol–water partition coefficient (Wildman–Crippen LogP) is 2.81. The number of nitrogen functional groups attached to an aromatic ring is 1. The topological polar surface area (TPSA) is 99.7 Å². The van der Waals surface area contributed by atoms with Crippen LogP contribution in [0.1, 0.15) is 5.56 Å². The first kappa shape index (κ1) is 16.6. The highest BCUT2D eigenvalue weighted by Gasteiger charge is 2.12. The fourth-order valence-corrected chi connectivity index (χ4v) is 2.06. The quantitative estimate of drug-likeness (QED) is 0.336. The summed E-state index contributed by atoms with van der Waals surface area (Å²) in [4.78, 5) is 10.5. The zero-order valence-corrected chi connectivity index (χ0v) is 12.8.